The second kappa shape index (κ2) is 8.47. The molecular weight excluding hydrogens is 375 g/mol. The van der Waals surface area contributed by atoms with Gasteiger partial charge in [0, 0.05) is 29.1 Å². The van der Waals surface area contributed by atoms with Crippen molar-refractivity contribution in [1.29, 1.82) is 0 Å². The summed E-state index contributed by atoms with van der Waals surface area (Å²) >= 11 is 0. The molecule has 2 aromatic carbocycles. The highest BCUT2D eigenvalue weighted by Gasteiger charge is 2.13. The molecule has 148 valence electrons. The molecule has 1 N–H and O–H groups in total. The molecule has 0 unspecified atom stereocenters. The van der Waals surface area contributed by atoms with Crippen LogP contribution >= 0.6 is 0 Å². The van der Waals surface area contributed by atoms with Crippen molar-refractivity contribution in [3.63, 3.8) is 0 Å². The first kappa shape index (κ1) is 19.9. The average Bonchev–Trinajstić information content (AvgIpc) is 2.97. The number of carbonyl (C=O) groups is 1. The van der Waals surface area contributed by atoms with E-state index >= 15 is 0 Å². The fourth-order valence-corrected chi connectivity index (χ4v) is 3.06. The van der Waals surface area contributed by atoms with Gasteiger partial charge in [-0.3, -0.25) is 14.9 Å². The first-order chi connectivity index (χ1) is 13.8. The first-order valence-corrected chi connectivity index (χ1v) is 8.85. The summed E-state index contributed by atoms with van der Waals surface area (Å²) in [6, 6.07) is 13.9. The molecule has 0 spiro atoms. The summed E-state index contributed by atoms with van der Waals surface area (Å²) < 4.78 is 14.8. The second-order valence-corrected chi connectivity index (χ2v) is 6.54. The summed E-state index contributed by atoms with van der Waals surface area (Å²) in [6.07, 6.45) is 1.61. The lowest BCUT2D eigenvalue weighted by Crippen LogP contribution is -2.19. The molecule has 0 aliphatic carbocycles. The Balaban J connectivity index is 1.73. The highest BCUT2D eigenvalue weighted by Crippen LogP contribution is 2.23. The van der Waals surface area contributed by atoms with Crippen LogP contribution in [0.2, 0.25) is 0 Å². The van der Waals surface area contributed by atoms with Crippen molar-refractivity contribution in [3.05, 3.63) is 93.0 Å². The minimum absolute atomic E-state index is 0.0123. The number of nitrogens with one attached hydrogen (secondary N) is 1. The molecule has 3 aromatic rings. The van der Waals surface area contributed by atoms with Gasteiger partial charge in [-0.25, -0.2) is 9.82 Å². The van der Waals surface area contributed by atoms with E-state index in [1.807, 2.05) is 24.5 Å². The van der Waals surface area contributed by atoms with Crippen LogP contribution in [0.4, 0.5) is 10.1 Å². The number of hydrogen-bond acceptors (Lipinski definition) is 4. The standard InChI is InChI=1S/C21H19FN4O3/c1-14-10-17(13-23-24-21(27)11-16-6-8-18(22)9-7-16)15(2)25(14)19-4-3-5-20(12-19)26(28)29/h3-10,12-13H,11H2,1-2H3,(H,24,27)/b23-13+. The smallest absolute Gasteiger partial charge is 0.271 e. The predicted octanol–water partition coefficient (Wildman–Crippen LogP) is 3.83. The molecule has 0 radical (unpaired) electrons. The number of carbonyl (C=O) groups excluding carboxylic acids is 1. The van der Waals surface area contributed by atoms with E-state index in [4.69, 9.17) is 0 Å². The fraction of sp³-hybridized carbons (Fsp3) is 0.143. The Morgan fingerprint density at radius 1 is 1.21 bits per heavy atom. The van der Waals surface area contributed by atoms with Gasteiger partial charge in [0.1, 0.15) is 5.82 Å². The number of hydrogen-bond donors (Lipinski definition) is 1. The number of nitro groups is 1. The summed E-state index contributed by atoms with van der Waals surface area (Å²) in [6.45, 7) is 3.75. The topological polar surface area (TPSA) is 89.5 Å². The molecule has 1 amide bonds. The van der Waals surface area contributed by atoms with Crippen molar-refractivity contribution in [2.24, 2.45) is 5.10 Å². The van der Waals surface area contributed by atoms with Crippen molar-refractivity contribution in [1.82, 2.24) is 9.99 Å². The summed E-state index contributed by atoms with van der Waals surface area (Å²) in [7, 11) is 0. The number of benzene rings is 2. The number of aromatic nitrogens is 1. The van der Waals surface area contributed by atoms with Crippen molar-refractivity contribution >= 4 is 17.8 Å². The van der Waals surface area contributed by atoms with Crippen LogP contribution in [0.15, 0.2) is 59.7 Å². The largest absolute Gasteiger partial charge is 0.318 e. The number of halogens is 1. The quantitative estimate of drug-likeness (QED) is 0.391. The van der Waals surface area contributed by atoms with Gasteiger partial charge in [-0.1, -0.05) is 18.2 Å². The lowest BCUT2D eigenvalue weighted by Gasteiger charge is -2.09. The molecule has 0 fully saturated rings. The van der Waals surface area contributed by atoms with Crippen molar-refractivity contribution in [2.75, 3.05) is 0 Å². The van der Waals surface area contributed by atoms with E-state index in [0.29, 0.717) is 11.3 Å². The maximum Gasteiger partial charge on any atom is 0.271 e. The Hall–Kier alpha value is -3.81. The fourth-order valence-electron chi connectivity index (χ4n) is 3.06. The number of rotatable bonds is 6. The van der Waals surface area contributed by atoms with E-state index < -0.39 is 4.92 Å². The monoisotopic (exact) mass is 394 g/mol. The van der Waals surface area contributed by atoms with Gasteiger partial charge in [0.25, 0.3) is 5.69 Å². The maximum atomic E-state index is 12.9. The number of hydrazone groups is 1. The number of non-ortho nitro benzene ring substituents is 1. The van der Waals surface area contributed by atoms with Gasteiger partial charge in [0.05, 0.1) is 23.2 Å². The molecule has 0 aliphatic rings. The third-order valence-corrected chi connectivity index (χ3v) is 4.44. The zero-order valence-corrected chi connectivity index (χ0v) is 15.9. The molecule has 7 nitrogen and oxygen atoms in total. The van der Waals surface area contributed by atoms with Gasteiger partial charge in [-0.05, 0) is 43.7 Å². The minimum Gasteiger partial charge on any atom is -0.318 e. The molecule has 0 aliphatic heterocycles. The maximum absolute atomic E-state index is 12.9. The Morgan fingerprint density at radius 3 is 2.62 bits per heavy atom. The van der Waals surface area contributed by atoms with Gasteiger partial charge in [-0.2, -0.15) is 5.10 Å². The van der Waals surface area contributed by atoms with Crippen LogP contribution in [-0.2, 0) is 11.2 Å². The molecule has 0 saturated heterocycles. The Bertz CT molecular complexity index is 1090. The van der Waals surface area contributed by atoms with E-state index in [1.54, 1.807) is 24.3 Å². The third-order valence-electron chi connectivity index (χ3n) is 4.44. The normalized spacial score (nSPS) is 11.0. The molecule has 0 bridgehead atoms. The number of nitrogens with zero attached hydrogens (tertiary/aromatic N) is 3. The number of aryl methyl sites for hydroxylation is 1. The van der Waals surface area contributed by atoms with Crippen LogP contribution in [-0.4, -0.2) is 21.6 Å². The Labute approximate surface area is 166 Å². The van der Waals surface area contributed by atoms with Crippen LogP contribution in [0, 0.1) is 29.8 Å². The Kier molecular flexibility index (Phi) is 5.82. The highest BCUT2D eigenvalue weighted by atomic mass is 19.1. The molecule has 3 rings (SSSR count). The molecule has 8 heteroatoms. The minimum atomic E-state index is -0.434. The third kappa shape index (κ3) is 4.73. The summed E-state index contributed by atoms with van der Waals surface area (Å²) in [5.74, 6) is -0.674. The van der Waals surface area contributed by atoms with Crippen molar-refractivity contribution in [3.8, 4) is 5.69 Å². The molecule has 1 heterocycles. The Morgan fingerprint density at radius 2 is 1.93 bits per heavy atom. The number of amides is 1. The van der Waals surface area contributed by atoms with E-state index in [-0.39, 0.29) is 23.8 Å². The zero-order valence-electron chi connectivity index (χ0n) is 15.9. The van der Waals surface area contributed by atoms with Gasteiger partial charge in [0.15, 0.2) is 0 Å². The predicted molar refractivity (Wildman–Crippen MR) is 108 cm³/mol. The lowest BCUT2D eigenvalue weighted by molar-refractivity contribution is -0.384. The van der Waals surface area contributed by atoms with E-state index in [0.717, 1.165) is 17.0 Å². The molecular formula is C21H19FN4O3. The van der Waals surface area contributed by atoms with Crippen molar-refractivity contribution < 1.29 is 14.1 Å². The van der Waals surface area contributed by atoms with Gasteiger partial charge < -0.3 is 4.57 Å². The molecule has 29 heavy (non-hydrogen) atoms. The molecule has 0 atom stereocenters. The van der Waals surface area contributed by atoms with Crippen LogP contribution in [0.5, 0.6) is 0 Å². The van der Waals surface area contributed by atoms with Gasteiger partial charge in [-0.15, -0.1) is 0 Å². The zero-order chi connectivity index (χ0) is 21.0. The molecule has 1 aromatic heterocycles. The van der Waals surface area contributed by atoms with Crippen molar-refractivity contribution in [2.45, 2.75) is 20.3 Å². The van der Waals surface area contributed by atoms with E-state index in [2.05, 4.69) is 10.5 Å². The van der Waals surface area contributed by atoms with E-state index in [9.17, 15) is 19.3 Å². The first-order valence-electron chi connectivity index (χ1n) is 8.85. The van der Waals surface area contributed by atoms with Crippen LogP contribution < -0.4 is 5.43 Å². The van der Waals surface area contributed by atoms with Crippen LogP contribution in [0.3, 0.4) is 0 Å². The summed E-state index contributed by atoms with van der Waals surface area (Å²) in [5, 5.41) is 15.0. The van der Waals surface area contributed by atoms with Gasteiger partial charge in [0.2, 0.25) is 5.91 Å². The van der Waals surface area contributed by atoms with Gasteiger partial charge >= 0.3 is 0 Å². The van der Waals surface area contributed by atoms with E-state index in [1.165, 1.54) is 30.5 Å². The summed E-state index contributed by atoms with van der Waals surface area (Å²) in [5.41, 5.74) is 6.31. The second-order valence-electron chi connectivity index (χ2n) is 6.54. The highest BCUT2D eigenvalue weighted by molar-refractivity contribution is 5.84. The average molecular weight is 394 g/mol. The lowest BCUT2D eigenvalue weighted by atomic mass is 10.1. The number of nitro benzene ring substituents is 1. The molecule has 0 saturated carbocycles. The van der Waals surface area contributed by atoms with Crippen LogP contribution in [0.25, 0.3) is 5.69 Å². The SMILES string of the molecule is Cc1cc(/C=N/NC(=O)Cc2ccc(F)cc2)c(C)n1-c1cccc([N+](=O)[O-])c1. The van der Waals surface area contributed by atoms with Crippen LogP contribution in [0.1, 0.15) is 22.5 Å². The summed E-state index contributed by atoms with van der Waals surface area (Å²) in [4.78, 5) is 22.6.